The van der Waals surface area contributed by atoms with Crippen LogP contribution in [-0.4, -0.2) is 60.3 Å². The lowest BCUT2D eigenvalue weighted by Crippen LogP contribution is -2.36. The minimum absolute atomic E-state index is 0.0223. The number of rotatable bonds is 6. The van der Waals surface area contributed by atoms with Gasteiger partial charge < -0.3 is 29.3 Å². The maximum absolute atomic E-state index is 13.1. The molecule has 2 atom stereocenters. The molecule has 0 aromatic heterocycles. The maximum Gasteiger partial charge on any atom is 0.295 e. The van der Waals surface area contributed by atoms with E-state index < -0.39 is 17.7 Å². The number of phenolic OH excluding ortho intramolecular Hbond substituents is 1. The summed E-state index contributed by atoms with van der Waals surface area (Å²) in [6, 6.07) is 10.3. The lowest BCUT2D eigenvalue weighted by molar-refractivity contribution is -0.140. The van der Waals surface area contributed by atoms with Crippen molar-refractivity contribution in [3.05, 3.63) is 59.2 Å². The van der Waals surface area contributed by atoms with E-state index >= 15 is 0 Å². The number of ketones is 1. The van der Waals surface area contributed by atoms with E-state index in [2.05, 4.69) is 0 Å². The Morgan fingerprint density at radius 2 is 1.88 bits per heavy atom. The number of amides is 1. The van der Waals surface area contributed by atoms with E-state index in [4.69, 9.17) is 14.2 Å². The summed E-state index contributed by atoms with van der Waals surface area (Å²) in [5.74, 6) is -1.02. The van der Waals surface area contributed by atoms with Crippen LogP contribution in [0.15, 0.2) is 48.0 Å². The van der Waals surface area contributed by atoms with Crippen LogP contribution in [-0.2, 0) is 14.3 Å². The van der Waals surface area contributed by atoms with Crippen molar-refractivity contribution in [1.29, 1.82) is 0 Å². The van der Waals surface area contributed by atoms with Crippen LogP contribution in [0.1, 0.15) is 30.0 Å². The van der Waals surface area contributed by atoms with Gasteiger partial charge in [0.15, 0.2) is 11.5 Å². The molecular weight excluding hydrogens is 414 g/mol. The van der Waals surface area contributed by atoms with Crippen LogP contribution in [0.4, 0.5) is 0 Å². The van der Waals surface area contributed by atoms with Crippen LogP contribution in [0.5, 0.6) is 17.2 Å². The quantitative estimate of drug-likeness (QED) is 0.405. The molecule has 0 bridgehead atoms. The number of ether oxygens (including phenoxy) is 3. The molecular formula is C24H25NO7. The van der Waals surface area contributed by atoms with Crippen molar-refractivity contribution >= 4 is 17.4 Å². The summed E-state index contributed by atoms with van der Waals surface area (Å²) < 4.78 is 16.1. The van der Waals surface area contributed by atoms with Crippen LogP contribution in [0.2, 0.25) is 0 Å². The summed E-state index contributed by atoms with van der Waals surface area (Å²) >= 11 is 0. The van der Waals surface area contributed by atoms with Crippen molar-refractivity contribution in [3.63, 3.8) is 0 Å². The monoisotopic (exact) mass is 439 g/mol. The van der Waals surface area contributed by atoms with E-state index in [9.17, 15) is 19.8 Å². The van der Waals surface area contributed by atoms with E-state index in [-0.39, 0.29) is 35.5 Å². The van der Waals surface area contributed by atoms with Gasteiger partial charge in [0.1, 0.15) is 11.5 Å². The van der Waals surface area contributed by atoms with Crippen LogP contribution in [0.25, 0.3) is 5.76 Å². The number of aliphatic hydroxyl groups excluding tert-OH is 1. The second-order valence-corrected chi connectivity index (χ2v) is 7.75. The zero-order valence-corrected chi connectivity index (χ0v) is 17.9. The fraction of sp³-hybridized carbons (Fsp3) is 0.333. The van der Waals surface area contributed by atoms with Crippen LogP contribution >= 0.6 is 0 Å². The number of carbonyl (C=O) groups excluding carboxylic acids is 2. The first-order valence-corrected chi connectivity index (χ1v) is 10.4. The number of phenols is 1. The normalized spacial score (nSPS) is 22.4. The average molecular weight is 439 g/mol. The van der Waals surface area contributed by atoms with E-state index in [1.807, 2.05) is 0 Å². The Hall–Kier alpha value is -3.52. The molecule has 2 aliphatic rings. The Labute approximate surface area is 185 Å². The Kier molecular flexibility index (Phi) is 6.05. The van der Waals surface area contributed by atoms with Crippen molar-refractivity contribution in [2.24, 2.45) is 0 Å². The summed E-state index contributed by atoms with van der Waals surface area (Å²) in [4.78, 5) is 27.5. The highest BCUT2D eigenvalue weighted by molar-refractivity contribution is 6.46. The number of carbonyl (C=O) groups is 2. The number of aromatic hydroxyl groups is 1. The molecule has 0 aliphatic carbocycles. The van der Waals surface area contributed by atoms with Gasteiger partial charge in [0.2, 0.25) is 0 Å². The number of likely N-dealkylation sites (tertiary alicyclic amines) is 1. The lowest BCUT2D eigenvalue weighted by Gasteiger charge is -2.27. The highest BCUT2D eigenvalue weighted by atomic mass is 16.5. The zero-order valence-electron chi connectivity index (χ0n) is 17.9. The third-order valence-corrected chi connectivity index (χ3v) is 5.85. The van der Waals surface area contributed by atoms with Gasteiger partial charge in [-0.25, -0.2) is 0 Å². The fourth-order valence-electron chi connectivity index (χ4n) is 4.19. The van der Waals surface area contributed by atoms with Crippen LogP contribution in [0.3, 0.4) is 0 Å². The third-order valence-electron chi connectivity index (χ3n) is 5.85. The van der Waals surface area contributed by atoms with Gasteiger partial charge in [-0.15, -0.1) is 0 Å². The Morgan fingerprint density at radius 1 is 1.12 bits per heavy atom. The summed E-state index contributed by atoms with van der Waals surface area (Å²) in [5.41, 5.74) is 0.898. The maximum atomic E-state index is 13.1. The molecule has 2 heterocycles. The standard InChI is InChI=1S/C24H25NO7/c1-30-16-8-5-14(6-9-16)22(27)20-21(15-7-10-18(26)19(12-15)31-2)25(24(29)23(20)28)13-17-4-3-11-32-17/h5-10,12,17,21,26-27H,3-4,11,13H2,1-2H3. The van der Waals surface area contributed by atoms with Gasteiger partial charge in [-0.05, 0) is 54.8 Å². The molecule has 1 amide bonds. The number of Topliss-reactive ketones (excluding diaryl/α,β-unsaturated/α-hetero) is 1. The van der Waals surface area contributed by atoms with Crippen LogP contribution < -0.4 is 9.47 Å². The van der Waals surface area contributed by atoms with E-state index in [1.54, 1.807) is 36.4 Å². The van der Waals surface area contributed by atoms with Crippen molar-refractivity contribution in [1.82, 2.24) is 4.90 Å². The highest BCUT2D eigenvalue weighted by Gasteiger charge is 2.47. The van der Waals surface area contributed by atoms with Crippen molar-refractivity contribution in [3.8, 4) is 17.2 Å². The Morgan fingerprint density at radius 3 is 2.50 bits per heavy atom. The molecule has 0 saturated carbocycles. The molecule has 2 N–H and O–H groups in total. The molecule has 32 heavy (non-hydrogen) atoms. The molecule has 2 aromatic rings. The first-order chi connectivity index (χ1) is 15.4. The van der Waals surface area contributed by atoms with Gasteiger partial charge in [0.05, 0.1) is 31.9 Å². The molecule has 8 nitrogen and oxygen atoms in total. The van der Waals surface area contributed by atoms with Gasteiger partial charge >= 0.3 is 0 Å². The molecule has 2 unspecified atom stereocenters. The molecule has 2 aliphatic heterocycles. The predicted molar refractivity (Wildman–Crippen MR) is 116 cm³/mol. The summed E-state index contributed by atoms with van der Waals surface area (Å²) in [5, 5.41) is 21.1. The van der Waals surface area contributed by atoms with Crippen molar-refractivity contribution in [2.45, 2.75) is 25.0 Å². The van der Waals surface area contributed by atoms with Gasteiger partial charge in [0.25, 0.3) is 11.7 Å². The molecule has 2 fully saturated rings. The summed E-state index contributed by atoms with van der Waals surface area (Å²) in [6.45, 7) is 0.829. The minimum atomic E-state index is -0.851. The number of hydrogen-bond donors (Lipinski definition) is 2. The number of benzene rings is 2. The smallest absolute Gasteiger partial charge is 0.295 e. The molecule has 8 heteroatoms. The van der Waals surface area contributed by atoms with Gasteiger partial charge in [-0.1, -0.05) is 6.07 Å². The lowest BCUT2D eigenvalue weighted by atomic mass is 9.94. The molecule has 2 aromatic carbocycles. The number of nitrogens with zero attached hydrogens (tertiary/aromatic N) is 1. The summed E-state index contributed by atoms with van der Waals surface area (Å²) in [7, 11) is 2.95. The highest BCUT2D eigenvalue weighted by Crippen LogP contribution is 2.42. The average Bonchev–Trinajstić information content (AvgIpc) is 3.41. The molecule has 168 valence electrons. The SMILES string of the molecule is COc1ccc(C(O)=C2C(=O)C(=O)N(CC3CCCO3)C2c2ccc(O)c(OC)c2)cc1. The van der Waals surface area contributed by atoms with Crippen molar-refractivity contribution in [2.75, 3.05) is 27.4 Å². The van der Waals surface area contributed by atoms with Crippen LogP contribution in [0, 0.1) is 0 Å². The Balaban J connectivity index is 1.83. The van der Waals surface area contributed by atoms with E-state index in [0.29, 0.717) is 23.5 Å². The second-order valence-electron chi connectivity index (χ2n) is 7.75. The third kappa shape index (κ3) is 3.89. The molecule has 4 rings (SSSR count). The zero-order chi connectivity index (χ0) is 22.8. The van der Waals surface area contributed by atoms with E-state index in [0.717, 1.165) is 12.8 Å². The van der Waals surface area contributed by atoms with Gasteiger partial charge in [-0.2, -0.15) is 0 Å². The minimum Gasteiger partial charge on any atom is -0.507 e. The number of aliphatic hydroxyl groups is 1. The first-order valence-electron chi connectivity index (χ1n) is 10.4. The van der Waals surface area contributed by atoms with Gasteiger partial charge in [0, 0.05) is 18.7 Å². The molecule has 2 saturated heterocycles. The topological polar surface area (TPSA) is 106 Å². The van der Waals surface area contributed by atoms with Crippen molar-refractivity contribution < 1.29 is 34.0 Å². The second kappa shape index (κ2) is 8.92. The summed E-state index contributed by atoms with van der Waals surface area (Å²) in [6.07, 6.45) is 1.49. The first kappa shape index (κ1) is 21.7. The Bertz CT molecular complexity index is 1050. The van der Waals surface area contributed by atoms with Gasteiger partial charge in [-0.3, -0.25) is 9.59 Å². The predicted octanol–water partition coefficient (Wildman–Crippen LogP) is 3.01. The van der Waals surface area contributed by atoms with E-state index in [1.165, 1.54) is 25.2 Å². The number of methoxy groups -OCH3 is 2. The fourth-order valence-corrected chi connectivity index (χ4v) is 4.19. The molecule has 0 spiro atoms. The molecule has 0 radical (unpaired) electrons. The largest absolute Gasteiger partial charge is 0.507 e. The number of hydrogen-bond acceptors (Lipinski definition) is 7.